The third-order valence-corrected chi connectivity index (χ3v) is 5.89. The zero-order chi connectivity index (χ0) is 18.2. The number of halogens is 1. The lowest BCUT2D eigenvalue weighted by molar-refractivity contribution is -0.121. The SMILES string of the molecule is CCN(CC)S(=O)(=O)c1ccc(CCC(=O)NCCC(C)N)cc1.Cl. The Morgan fingerprint density at radius 1 is 1.20 bits per heavy atom. The summed E-state index contributed by atoms with van der Waals surface area (Å²) in [7, 11) is -3.43. The largest absolute Gasteiger partial charge is 0.356 e. The van der Waals surface area contributed by atoms with Crippen LogP contribution in [0.1, 0.15) is 39.2 Å². The first kappa shape index (κ1) is 23.9. The molecule has 0 fully saturated rings. The Balaban J connectivity index is 0.00000576. The maximum Gasteiger partial charge on any atom is 0.243 e. The number of nitrogens with two attached hydrogens (primary N) is 1. The van der Waals surface area contributed by atoms with Crippen molar-refractivity contribution in [3.8, 4) is 0 Å². The average Bonchev–Trinajstić information content (AvgIpc) is 2.54. The minimum absolute atomic E-state index is 0. The van der Waals surface area contributed by atoms with Crippen LogP contribution in [0.5, 0.6) is 0 Å². The summed E-state index contributed by atoms with van der Waals surface area (Å²) in [5, 5.41) is 2.83. The van der Waals surface area contributed by atoms with Gasteiger partial charge < -0.3 is 11.1 Å². The highest BCUT2D eigenvalue weighted by atomic mass is 35.5. The second-order valence-electron chi connectivity index (χ2n) is 5.85. The van der Waals surface area contributed by atoms with E-state index in [1.807, 2.05) is 20.8 Å². The summed E-state index contributed by atoms with van der Waals surface area (Å²) >= 11 is 0. The lowest BCUT2D eigenvalue weighted by Gasteiger charge is -2.18. The molecule has 1 rings (SSSR count). The molecule has 0 aliphatic heterocycles. The number of carbonyl (C=O) groups is 1. The summed E-state index contributed by atoms with van der Waals surface area (Å²) in [6, 6.07) is 6.83. The van der Waals surface area contributed by atoms with Gasteiger partial charge in [-0.15, -0.1) is 12.4 Å². The smallest absolute Gasteiger partial charge is 0.243 e. The van der Waals surface area contributed by atoms with Gasteiger partial charge in [-0.1, -0.05) is 26.0 Å². The molecular formula is C17H30ClN3O3S. The lowest BCUT2D eigenvalue weighted by atomic mass is 10.1. The normalized spacial score (nSPS) is 12.5. The summed E-state index contributed by atoms with van der Waals surface area (Å²) in [6.07, 6.45) is 1.71. The van der Waals surface area contributed by atoms with Gasteiger partial charge >= 0.3 is 0 Å². The van der Waals surface area contributed by atoms with Crippen LogP contribution in [0.3, 0.4) is 0 Å². The first-order valence-corrected chi connectivity index (χ1v) is 9.86. The van der Waals surface area contributed by atoms with Crippen LogP contribution in [0, 0.1) is 0 Å². The molecule has 0 aliphatic rings. The van der Waals surface area contributed by atoms with Gasteiger partial charge in [-0.05, 0) is 37.5 Å². The molecule has 1 aromatic rings. The van der Waals surface area contributed by atoms with Crippen LogP contribution < -0.4 is 11.1 Å². The molecule has 1 unspecified atom stereocenters. The van der Waals surface area contributed by atoms with Crippen molar-refractivity contribution in [3.63, 3.8) is 0 Å². The van der Waals surface area contributed by atoms with Gasteiger partial charge in [-0.25, -0.2) is 8.42 Å². The van der Waals surface area contributed by atoms with Crippen molar-refractivity contribution in [1.82, 2.24) is 9.62 Å². The highest BCUT2D eigenvalue weighted by Crippen LogP contribution is 2.16. The number of hydrogen-bond acceptors (Lipinski definition) is 4. The van der Waals surface area contributed by atoms with Gasteiger partial charge in [0.15, 0.2) is 0 Å². The highest BCUT2D eigenvalue weighted by molar-refractivity contribution is 7.89. The van der Waals surface area contributed by atoms with E-state index in [1.54, 1.807) is 24.3 Å². The molecule has 25 heavy (non-hydrogen) atoms. The average molecular weight is 392 g/mol. The maximum atomic E-state index is 12.4. The first-order chi connectivity index (χ1) is 11.3. The number of hydrogen-bond donors (Lipinski definition) is 2. The molecule has 0 saturated heterocycles. The molecule has 0 aromatic heterocycles. The molecule has 6 nitrogen and oxygen atoms in total. The van der Waals surface area contributed by atoms with E-state index in [0.717, 1.165) is 12.0 Å². The molecule has 0 aliphatic carbocycles. The van der Waals surface area contributed by atoms with Crippen molar-refractivity contribution in [2.75, 3.05) is 19.6 Å². The molecule has 0 heterocycles. The van der Waals surface area contributed by atoms with E-state index in [4.69, 9.17) is 5.73 Å². The molecule has 1 atom stereocenters. The van der Waals surface area contributed by atoms with E-state index in [-0.39, 0.29) is 29.3 Å². The van der Waals surface area contributed by atoms with Crippen molar-refractivity contribution >= 4 is 28.3 Å². The van der Waals surface area contributed by atoms with Crippen LogP contribution >= 0.6 is 12.4 Å². The van der Waals surface area contributed by atoms with Gasteiger partial charge in [0.1, 0.15) is 0 Å². The predicted octanol–water partition coefficient (Wildman–Crippen LogP) is 1.93. The minimum atomic E-state index is -3.43. The summed E-state index contributed by atoms with van der Waals surface area (Å²) in [6.45, 7) is 7.01. The topological polar surface area (TPSA) is 92.5 Å². The summed E-state index contributed by atoms with van der Waals surface area (Å²) in [5.41, 5.74) is 6.57. The molecule has 1 amide bonds. The zero-order valence-corrected chi connectivity index (χ0v) is 16.8. The number of sulfonamides is 1. The number of carbonyl (C=O) groups excluding carboxylic acids is 1. The van der Waals surface area contributed by atoms with Gasteiger partial charge in [0.2, 0.25) is 15.9 Å². The van der Waals surface area contributed by atoms with Crippen molar-refractivity contribution in [1.29, 1.82) is 0 Å². The van der Waals surface area contributed by atoms with Gasteiger partial charge in [-0.3, -0.25) is 4.79 Å². The third-order valence-electron chi connectivity index (χ3n) is 3.83. The van der Waals surface area contributed by atoms with E-state index < -0.39 is 10.0 Å². The molecule has 0 bridgehead atoms. The quantitative estimate of drug-likeness (QED) is 0.637. The third kappa shape index (κ3) is 7.73. The van der Waals surface area contributed by atoms with Crippen LogP contribution in [-0.2, 0) is 21.2 Å². The van der Waals surface area contributed by atoms with E-state index >= 15 is 0 Å². The Hall–Kier alpha value is -1.15. The molecule has 3 N–H and O–H groups in total. The molecule has 0 radical (unpaired) electrons. The first-order valence-electron chi connectivity index (χ1n) is 8.42. The minimum Gasteiger partial charge on any atom is -0.356 e. The van der Waals surface area contributed by atoms with Gasteiger partial charge in [0.05, 0.1) is 4.90 Å². The van der Waals surface area contributed by atoms with Crippen molar-refractivity contribution < 1.29 is 13.2 Å². The van der Waals surface area contributed by atoms with E-state index in [0.29, 0.717) is 32.5 Å². The molecular weight excluding hydrogens is 362 g/mol. The fraction of sp³-hybridized carbons (Fsp3) is 0.588. The van der Waals surface area contributed by atoms with E-state index in [2.05, 4.69) is 5.32 Å². The fourth-order valence-corrected chi connectivity index (χ4v) is 3.78. The van der Waals surface area contributed by atoms with Crippen LogP contribution in [0.25, 0.3) is 0 Å². The molecule has 144 valence electrons. The van der Waals surface area contributed by atoms with Crippen LogP contribution in [-0.4, -0.2) is 44.3 Å². The molecule has 8 heteroatoms. The number of rotatable bonds is 10. The molecule has 0 spiro atoms. The number of aryl methyl sites for hydroxylation is 1. The van der Waals surface area contributed by atoms with Crippen molar-refractivity contribution in [2.45, 2.75) is 51.0 Å². The van der Waals surface area contributed by atoms with Crippen LogP contribution in [0.2, 0.25) is 0 Å². The number of nitrogens with one attached hydrogen (secondary N) is 1. The maximum absolute atomic E-state index is 12.4. The van der Waals surface area contributed by atoms with E-state index in [1.165, 1.54) is 4.31 Å². The van der Waals surface area contributed by atoms with Gasteiger partial charge in [0, 0.05) is 32.1 Å². The number of nitrogens with zero attached hydrogens (tertiary/aromatic N) is 1. The lowest BCUT2D eigenvalue weighted by Crippen LogP contribution is -2.30. The Bertz CT molecular complexity index is 615. The van der Waals surface area contributed by atoms with Gasteiger partial charge in [0.25, 0.3) is 0 Å². The second kappa shape index (κ2) is 11.5. The summed E-state index contributed by atoms with van der Waals surface area (Å²) in [4.78, 5) is 12.0. The number of benzene rings is 1. The van der Waals surface area contributed by atoms with Crippen molar-refractivity contribution in [2.24, 2.45) is 5.73 Å². The zero-order valence-electron chi connectivity index (χ0n) is 15.2. The van der Waals surface area contributed by atoms with Crippen molar-refractivity contribution in [3.05, 3.63) is 29.8 Å². The van der Waals surface area contributed by atoms with Gasteiger partial charge in [-0.2, -0.15) is 4.31 Å². The Morgan fingerprint density at radius 2 is 1.76 bits per heavy atom. The Labute approximate surface area is 157 Å². The Morgan fingerprint density at radius 3 is 2.24 bits per heavy atom. The summed E-state index contributed by atoms with van der Waals surface area (Å²) < 4.78 is 26.2. The Kier molecular flexibility index (Phi) is 10.9. The van der Waals surface area contributed by atoms with Crippen LogP contribution in [0.15, 0.2) is 29.2 Å². The monoisotopic (exact) mass is 391 g/mol. The second-order valence-corrected chi connectivity index (χ2v) is 7.79. The molecule has 0 saturated carbocycles. The number of amides is 1. The van der Waals surface area contributed by atoms with E-state index in [9.17, 15) is 13.2 Å². The fourth-order valence-electron chi connectivity index (χ4n) is 2.33. The highest BCUT2D eigenvalue weighted by Gasteiger charge is 2.21. The summed E-state index contributed by atoms with van der Waals surface area (Å²) in [5.74, 6) is -0.0181. The predicted molar refractivity (Wildman–Crippen MR) is 103 cm³/mol. The molecule has 1 aromatic carbocycles. The van der Waals surface area contributed by atoms with Crippen LogP contribution in [0.4, 0.5) is 0 Å². The standard InChI is InChI=1S/C17H29N3O3S.ClH/c1-4-20(5-2)24(22,23)16-9-6-15(7-10-16)8-11-17(21)19-13-12-14(3)18;/h6-7,9-10,14H,4-5,8,11-13,18H2,1-3H3,(H,19,21);1H.